The smallest absolute Gasteiger partial charge is 0.273 e. The van der Waals surface area contributed by atoms with Crippen molar-refractivity contribution in [1.29, 1.82) is 0 Å². The normalized spacial score (nSPS) is 13.9. The first kappa shape index (κ1) is 17.1. The minimum Gasteiger partial charge on any atom is -0.273 e. The Morgan fingerprint density at radius 1 is 1.29 bits per heavy atom. The minimum atomic E-state index is -0.612. The van der Waals surface area contributed by atoms with Crippen molar-refractivity contribution in [3.63, 3.8) is 0 Å². The van der Waals surface area contributed by atoms with E-state index in [1.807, 2.05) is 23.6 Å². The van der Waals surface area contributed by atoms with Gasteiger partial charge in [-0.25, -0.2) is 9.18 Å². The lowest BCUT2D eigenvalue weighted by atomic mass is 9.99. The Morgan fingerprint density at radius 3 is 2.82 bits per heavy atom. The van der Waals surface area contributed by atoms with E-state index in [-0.39, 0.29) is 11.5 Å². The molecule has 0 aliphatic heterocycles. The van der Waals surface area contributed by atoms with Crippen LogP contribution in [0.2, 0.25) is 0 Å². The summed E-state index contributed by atoms with van der Waals surface area (Å²) < 4.78 is 16.3. The van der Waals surface area contributed by atoms with Gasteiger partial charge in [0.1, 0.15) is 5.82 Å². The Morgan fingerprint density at radius 2 is 2.11 bits per heavy atom. The highest BCUT2D eigenvalue weighted by molar-refractivity contribution is 7.14. The Kier molecular flexibility index (Phi) is 3.80. The number of pyridine rings is 2. The molecule has 0 amide bonds. The molecule has 28 heavy (non-hydrogen) atoms. The zero-order valence-electron chi connectivity index (χ0n) is 15.0. The van der Waals surface area contributed by atoms with Crippen molar-refractivity contribution in [3.8, 4) is 21.6 Å². The lowest BCUT2D eigenvalue weighted by Gasteiger charge is -2.13. The van der Waals surface area contributed by atoms with Gasteiger partial charge in [0.2, 0.25) is 0 Å². The number of nitrogens with one attached hydrogen (secondary N) is 1. The molecule has 1 fully saturated rings. The number of nitrogens with zero attached hydrogens (tertiary/aromatic N) is 2. The molecule has 0 unspecified atom stereocenters. The van der Waals surface area contributed by atoms with Crippen LogP contribution in [0.25, 0.3) is 27.1 Å². The maximum absolute atomic E-state index is 15.0. The molecule has 1 N–H and O–H groups in total. The van der Waals surface area contributed by atoms with Crippen LogP contribution in [0.15, 0.2) is 51.8 Å². The fourth-order valence-electron chi connectivity index (χ4n) is 3.78. The molecule has 4 aromatic rings. The van der Waals surface area contributed by atoms with Gasteiger partial charge in [0.05, 0.1) is 11.7 Å². The van der Waals surface area contributed by atoms with Gasteiger partial charge in [-0.2, -0.15) is 0 Å². The first-order valence-electron chi connectivity index (χ1n) is 9.01. The van der Waals surface area contributed by atoms with Crippen molar-refractivity contribution < 1.29 is 4.39 Å². The summed E-state index contributed by atoms with van der Waals surface area (Å²) in [5.41, 5.74) is 2.87. The highest BCUT2D eigenvalue weighted by Crippen LogP contribution is 2.42. The van der Waals surface area contributed by atoms with Crippen LogP contribution in [0.5, 0.6) is 0 Å². The molecule has 1 saturated carbocycles. The second-order valence-corrected chi connectivity index (χ2v) is 8.00. The third-order valence-corrected chi connectivity index (χ3v) is 6.19. The average Bonchev–Trinajstić information content (AvgIpc) is 3.40. The number of thiophene rings is 1. The number of rotatable bonds is 3. The Labute approximate surface area is 163 Å². The van der Waals surface area contributed by atoms with E-state index in [0.29, 0.717) is 22.2 Å². The molecule has 140 valence electrons. The molecule has 7 heteroatoms. The van der Waals surface area contributed by atoms with Gasteiger partial charge < -0.3 is 0 Å². The number of aryl methyl sites for hydroxylation is 1. The summed E-state index contributed by atoms with van der Waals surface area (Å²) in [6, 6.07) is 5.74. The topological polar surface area (TPSA) is 67.2 Å². The van der Waals surface area contributed by atoms with E-state index in [1.54, 1.807) is 19.3 Å². The molecule has 0 saturated heterocycles. The molecule has 0 radical (unpaired) electrons. The molecule has 4 heterocycles. The van der Waals surface area contributed by atoms with E-state index in [2.05, 4.69) is 9.97 Å². The maximum Gasteiger partial charge on any atom is 0.333 e. The van der Waals surface area contributed by atoms with Crippen molar-refractivity contribution in [1.82, 2.24) is 14.4 Å². The van der Waals surface area contributed by atoms with Crippen LogP contribution < -0.4 is 11.2 Å². The van der Waals surface area contributed by atoms with Gasteiger partial charge in [-0.05, 0) is 54.3 Å². The molecular formula is C21H16FN3O2S. The van der Waals surface area contributed by atoms with Crippen molar-refractivity contribution in [2.75, 3.05) is 0 Å². The van der Waals surface area contributed by atoms with Crippen LogP contribution >= 0.6 is 11.3 Å². The number of halogens is 1. The highest BCUT2D eigenvalue weighted by atomic mass is 32.1. The van der Waals surface area contributed by atoms with Crippen molar-refractivity contribution in [2.24, 2.45) is 0 Å². The van der Waals surface area contributed by atoms with E-state index in [9.17, 15) is 9.59 Å². The van der Waals surface area contributed by atoms with Gasteiger partial charge in [-0.3, -0.25) is 19.2 Å². The minimum absolute atomic E-state index is 0.129. The van der Waals surface area contributed by atoms with Crippen LogP contribution in [0.3, 0.4) is 0 Å². The van der Waals surface area contributed by atoms with Crippen LogP contribution in [-0.2, 0) is 0 Å². The van der Waals surface area contributed by atoms with Gasteiger partial charge in [0.25, 0.3) is 5.56 Å². The van der Waals surface area contributed by atoms with Crippen molar-refractivity contribution in [3.05, 3.63) is 80.0 Å². The number of hydrogen-bond donors (Lipinski definition) is 1. The number of H-pyrrole nitrogens is 1. The maximum atomic E-state index is 15.0. The molecule has 0 spiro atoms. The van der Waals surface area contributed by atoms with Crippen LogP contribution in [0, 0.1) is 12.7 Å². The predicted octanol–water partition coefficient (Wildman–Crippen LogP) is 4.10. The first-order chi connectivity index (χ1) is 13.5. The average molecular weight is 393 g/mol. The summed E-state index contributed by atoms with van der Waals surface area (Å²) in [6.07, 6.45) is 6.48. The lowest BCUT2D eigenvalue weighted by Crippen LogP contribution is -2.29. The van der Waals surface area contributed by atoms with Crippen LogP contribution in [0.4, 0.5) is 4.39 Å². The third kappa shape index (κ3) is 2.62. The van der Waals surface area contributed by atoms with Crippen molar-refractivity contribution in [2.45, 2.75) is 25.7 Å². The molecule has 1 aliphatic rings. The quantitative estimate of drug-likeness (QED) is 0.570. The molecular weight excluding hydrogens is 377 g/mol. The summed E-state index contributed by atoms with van der Waals surface area (Å²) in [7, 11) is 0. The second kappa shape index (κ2) is 6.24. The molecule has 0 aromatic carbocycles. The largest absolute Gasteiger partial charge is 0.333 e. The number of aromatic amines is 1. The Hall–Kier alpha value is -3.06. The molecule has 5 nitrogen and oxygen atoms in total. The summed E-state index contributed by atoms with van der Waals surface area (Å²) in [6.45, 7) is 1.78. The van der Waals surface area contributed by atoms with E-state index >= 15 is 4.39 Å². The molecule has 5 rings (SSSR count). The Bertz CT molecular complexity index is 1330. The van der Waals surface area contributed by atoms with Gasteiger partial charge in [-0.1, -0.05) is 6.07 Å². The molecule has 0 atom stereocenters. The molecule has 0 bridgehead atoms. The SMILES string of the molecule is Cc1c(-c2csc(-c3cccnc3)c2)c(F)cn2c(=O)[nH]c(=O)c(C3CC3)c12. The van der Waals surface area contributed by atoms with E-state index in [1.165, 1.54) is 21.9 Å². The fourth-order valence-corrected chi connectivity index (χ4v) is 4.67. The fraction of sp³-hybridized carbons (Fsp3) is 0.190. The predicted molar refractivity (Wildman–Crippen MR) is 108 cm³/mol. The summed E-state index contributed by atoms with van der Waals surface area (Å²) in [5, 5.41) is 1.90. The van der Waals surface area contributed by atoms with E-state index in [4.69, 9.17) is 0 Å². The van der Waals surface area contributed by atoms with Crippen molar-refractivity contribution >= 4 is 16.9 Å². The van der Waals surface area contributed by atoms with E-state index in [0.717, 1.165) is 28.8 Å². The van der Waals surface area contributed by atoms with Gasteiger partial charge in [-0.15, -0.1) is 11.3 Å². The van der Waals surface area contributed by atoms with Gasteiger partial charge in [0.15, 0.2) is 0 Å². The third-order valence-electron chi connectivity index (χ3n) is 5.21. The summed E-state index contributed by atoms with van der Waals surface area (Å²) >= 11 is 1.51. The van der Waals surface area contributed by atoms with Crippen LogP contribution in [-0.4, -0.2) is 14.4 Å². The summed E-state index contributed by atoms with van der Waals surface area (Å²) in [5.74, 6) is -0.360. The number of fused-ring (bicyclic) bond motifs is 1. The number of hydrogen-bond acceptors (Lipinski definition) is 4. The lowest BCUT2D eigenvalue weighted by molar-refractivity contribution is 0.618. The second-order valence-electron chi connectivity index (χ2n) is 7.08. The summed E-state index contributed by atoms with van der Waals surface area (Å²) in [4.78, 5) is 32.1. The monoisotopic (exact) mass is 393 g/mol. The van der Waals surface area contributed by atoms with Gasteiger partial charge >= 0.3 is 5.69 Å². The Balaban J connectivity index is 1.77. The zero-order valence-corrected chi connectivity index (χ0v) is 15.8. The standard InChI is InChI=1S/C21H16FN3O2S/c1-11-17(14-7-16(28-10-14)13-3-2-6-23-8-13)15(22)9-25-19(11)18(12-4-5-12)20(26)24-21(25)27/h2-3,6-10,12H,4-5H2,1H3,(H,24,26,27). The molecule has 1 aliphatic carbocycles. The van der Waals surface area contributed by atoms with Crippen LogP contribution in [0.1, 0.15) is 29.9 Å². The van der Waals surface area contributed by atoms with Gasteiger partial charge in [0, 0.05) is 34.0 Å². The number of aromatic nitrogens is 3. The zero-order chi connectivity index (χ0) is 19.4. The first-order valence-corrected chi connectivity index (χ1v) is 9.89. The molecule has 4 aromatic heterocycles. The van der Waals surface area contributed by atoms with E-state index < -0.39 is 11.5 Å². The highest BCUT2D eigenvalue weighted by Gasteiger charge is 2.31.